The minimum absolute atomic E-state index is 0.0320. The molecule has 202 valence electrons. The van der Waals surface area contributed by atoms with Crippen LogP contribution in [0.3, 0.4) is 0 Å². The Kier molecular flexibility index (Phi) is 11.2. The van der Waals surface area contributed by atoms with Gasteiger partial charge in [-0.2, -0.15) is 4.98 Å². The summed E-state index contributed by atoms with van der Waals surface area (Å²) in [7, 11) is 3.25. The van der Waals surface area contributed by atoms with E-state index in [0.29, 0.717) is 86.2 Å². The third kappa shape index (κ3) is 8.17. The molecule has 2 aromatic rings. The zero-order chi connectivity index (χ0) is 26.6. The fraction of sp³-hybridized carbons (Fsp3) is 0.520. The molecule has 0 atom stereocenters. The van der Waals surface area contributed by atoms with Crippen LogP contribution in [0.2, 0.25) is 5.02 Å². The lowest BCUT2D eigenvalue weighted by atomic mass is 10.1. The van der Waals surface area contributed by atoms with Crippen LogP contribution in [-0.2, 0) is 14.3 Å². The van der Waals surface area contributed by atoms with Crippen molar-refractivity contribution in [2.24, 2.45) is 0 Å². The van der Waals surface area contributed by atoms with E-state index in [4.69, 9.17) is 25.8 Å². The second-order valence-electron chi connectivity index (χ2n) is 8.33. The summed E-state index contributed by atoms with van der Waals surface area (Å²) in [6.45, 7) is 6.06. The molecule has 0 bridgehead atoms. The summed E-state index contributed by atoms with van der Waals surface area (Å²) in [5.41, 5.74) is 1.10. The summed E-state index contributed by atoms with van der Waals surface area (Å²) in [5.74, 6) is 1.22. The van der Waals surface area contributed by atoms with Crippen molar-refractivity contribution >= 4 is 40.9 Å². The van der Waals surface area contributed by atoms with Gasteiger partial charge in [0.05, 0.1) is 45.2 Å². The van der Waals surface area contributed by atoms with Crippen molar-refractivity contribution in [1.82, 2.24) is 19.8 Å². The molecule has 1 fully saturated rings. The maximum Gasteiger partial charge on any atom is 0.254 e. The molecule has 0 unspecified atom stereocenters. The topological polar surface area (TPSA) is 118 Å². The molecule has 2 amide bonds. The fourth-order valence-corrected chi connectivity index (χ4v) is 3.96. The summed E-state index contributed by atoms with van der Waals surface area (Å²) in [6, 6.07) is 5.15. The number of ether oxygens (including phenoxy) is 3. The van der Waals surface area contributed by atoms with E-state index in [1.165, 1.54) is 13.3 Å². The molecule has 0 radical (unpaired) electrons. The van der Waals surface area contributed by atoms with Gasteiger partial charge < -0.3 is 34.6 Å². The summed E-state index contributed by atoms with van der Waals surface area (Å²) < 4.78 is 16.3. The average Bonchev–Trinajstić information content (AvgIpc) is 2.93. The van der Waals surface area contributed by atoms with E-state index in [-0.39, 0.29) is 11.8 Å². The monoisotopic (exact) mass is 534 g/mol. The van der Waals surface area contributed by atoms with Gasteiger partial charge in [-0.3, -0.25) is 9.59 Å². The van der Waals surface area contributed by atoms with Crippen LogP contribution in [0.25, 0.3) is 0 Å². The number of aromatic nitrogens is 2. The molecule has 1 aromatic heterocycles. The summed E-state index contributed by atoms with van der Waals surface area (Å²) >= 11 is 6.05. The number of amides is 2. The fourth-order valence-electron chi connectivity index (χ4n) is 3.78. The van der Waals surface area contributed by atoms with E-state index in [1.807, 2.05) is 0 Å². The number of carbonyl (C=O) groups excluding carboxylic acids is 2. The Labute approximate surface area is 222 Å². The predicted molar refractivity (Wildman–Crippen MR) is 142 cm³/mol. The number of nitrogens with zero attached hydrogens (tertiary/aromatic N) is 4. The SMILES string of the molecule is CCCOCCOCCC(=O)N1CCN(C(=O)c2ccc(Nc3ncc(Cl)c(NC)n3)c(OC)c2)CC1. The zero-order valence-corrected chi connectivity index (χ0v) is 22.3. The highest BCUT2D eigenvalue weighted by Gasteiger charge is 2.25. The summed E-state index contributed by atoms with van der Waals surface area (Å²) in [6.07, 6.45) is 2.79. The van der Waals surface area contributed by atoms with Crippen molar-refractivity contribution < 1.29 is 23.8 Å². The molecular weight excluding hydrogens is 500 g/mol. The molecule has 0 aliphatic carbocycles. The standard InChI is InChI=1S/C25H35ClN6O5/c1-4-12-36-14-15-37-13-7-22(33)31-8-10-32(11-9-31)24(34)18-5-6-20(21(16-18)35-3)29-25-28-17-19(26)23(27-2)30-25/h5-6,16-17H,4,7-15H2,1-3H3,(H2,27,28,29,30). The van der Waals surface area contributed by atoms with Crippen LogP contribution >= 0.6 is 11.6 Å². The molecular formula is C25H35ClN6O5. The van der Waals surface area contributed by atoms with Gasteiger partial charge in [-0.1, -0.05) is 18.5 Å². The van der Waals surface area contributed by atoms with Crippen LogP contribution in [0.1, 0.15) is 30.1 Å². The highest BCUT2D eigenvalue weighted by atomic mass is 35.5. The molecule has 1 aliphatic heterocycles. The lowest BCUT2D eigenvalue weighted by molar-refractivity contribution is -0.133. The number of methoxy groups -OCH3 is 1. The number of halogens is 1. The lowest BCUT2D eigenvalue weighted by Crippen LogP contribution is -2.50. The first-order valence-electron chi connectivity index (χ1n) is 12.3. The van der Waals surface area contributed by atoms with E-state index in [1.54, 1.807) is 35.0 Å². The van der Waals surface area contributed by atoms with Crippen molar-refractivity contribution in [2.45, 2.75) is 19.8 Å². The van der Waals surface area contributed by atoms with Crippen molar-refractivity contribution in [2.75, 3.05) is 77.4 Å². The van der Waals surface area contributed by atoms with E-state index in [2.05, 4.69) is 27.5 Å². The summed E-state index contributed by atoms with van der Waals surface area (Å²) in [4.78, 5) is 37.6. The molecule has 1 saturated heterocycles. The van der Waals surface area contributed by atoms with Crippen molar-refractivity contribution in [1.29, 1.82) is 0 Å². The maximum absolute atomic E-state index is 13.1. The van der Waals surface area contributed by atoms with Crippen LogP contribution in [0.15, 0.2) is 24.4 Å². The van der Waals surface area contributed by atoms with E-state index >= 15 is 0 Å². The van der Waals surface area contributed by atoms with Gasteiger partial charge in [0, 0.05) is 45.4 Å². The second-order valence-corrected chi connectivity index (χ2v) is 8.74. The normalized spacial score (nSPS) is 13.4. The first kappa shape index (κ1) is 28.4. The Hall–Kier alpha value is -3.15. The number of nitrogens with one attached hydrogen (secondary N) is 2. The van der Waals surface area contributed by atoms with Gasteiger partial charge in [0.2, 0.25) is 11.9 Å². The third-order valence-electron chi connectivity index (χ3n) is 5.78. The number of anilines is 3. The Morgan fingerprint density at radius 3 is 2.43 bits per heavy atom. The Morgan fingerprint density at radius 1 is 1.05 bits per heavy atom. The van der Waals surface area contributed by atoms with Crippen LogP contribution in [0.5, 0.6) is 5.75 Å². The number of benzene rings is 1. The van der Waals surface area contributed by atoms with Crippen molar-refractivity contribution in [3.05, 3.63) is 35.0 Å². The van der Waals surface area contributed by atoms with E-state index in [0.717, 1.165) is 13.0 Å². The maximum atomic E-state index is 13.1. The number of hydrogen-bond donors (Lipinski definition) is 2. The van der Waals surface area contributed by atoms with Gasteiger partial charge in [-0.05, 0) is 24.6 Å². The number of hydrogen-bond acceptors (Lipinski definition) is 9. The smallest absolute Gasteiger partial charge is 0.254 e. The van der Waals surface area contributed by atoms with Crippen LogP contribution in [0, 0.1) is 0 Å². The van der Waals surface area contributed by atoms with Crippen LogP contribution < -0.4 is 15.4 Å². The molecule has 2 N–H and O–H groups in total. The highest BCUT2D eigenvalue weighted by Crippen LogP contribution is 2.29. The minimum atomic E-state index is -0.118. The van der Waals surface area contributed by atoms with Gasteiger partial charge in [0.15, 0.2) is 0 Å². The van der Waals surface area contributed by atoms with Crippen molar-refractivity contribution in [3.8, 4) is 5.75 Å². The van der Waals surface area contributed by atoms with Crippen LogP contribution in [0.4, 0.5) is 17.5 Å². The van der Waals surface area contributed by atoms with E-state index < -0.39 is 0 Å². The number of rotatable bonds is 13. The van der Waals surface area contributed by atoms with Gasteiger partial charge >= 0.3 is 0 Å². The first-order chi connectivity index (χ1) is 18.0. The predicted octanol–water partition coefficient (Wildman–Crippen LogP) is 3.04. The minimum Gasteiger partial charge on any atom is -0.495 e. The van der Waals surface area contributed by atoms with Crippen LogP contribution in [-0.4, -0.2) is 98.3 Å². The van der Waals surface area contributed by atoms with Gasteiger partial charge in [-0.15, -0.1) is 0 Å². The molecule has 37 heavy (non-hydrogen) atoms. The van der Waals surface area contributed by atoms with Gasteiger partial charge in [-0.25, -0.2) is 4.98 Å². The Bertz CT molecular complexity index is 1050. The zero-order valence-electron chi connectivity index (χ0n) is 21.6. The first-order valence-corrected chi connectivity index (χ1v) is 12.7. The number of carbonyl (C=O) groups is 2. The molecule has 11 nitrogen and oxygen atoms in total. The van der Waals surface area contributed by atoms with Gasteiger partial charge in [0.1, 0.15) is 16.6 Å². The molecule has 12 heteroatoms. The van der Waals surface area contributed by atoms with E-state index in [9.17, 15) is 9.59 Å². The Morgan fingerprint density at radius 2 is 1.76 bits per heavy atom. The molecule has 2 heterocycles. The molecule has 0 saturated carbocycles. The molecule has 1 aliphatic rings. The van der Waals surface area contributed by atoms with Gasteiger partial charge in [0.25, 0.3) is 5.91 Å². The molecule has 1 aromatic carbocycles. The Balaban J connectivity index is 1.50. The largest absolute Gasteiger partial charge is 0.495 e. The molecule has 3 rings (SSSR count). The number of piperazine rings is 1. The molecule has 0 spiro atoms. The summed E-state index contributed by atoms with van der Waals surface area (Å²) in [5, 5.41) is 6.40. The van der Waals surface area contributed by atoms with Crippen molar-refractivity contribution in [3.63, 3.8) is 0 Å². The average molecular weight is 535 g/mol. The quantitative estimate of drug-likeness (QED) is 0.374. The third-order valence-corrected chi connectivity index (χ3v) is 6.05. The lowest BCUT2D eigenvalue weighted by Gasteiger charge is -2.35. The second kappa shape index (κ2) is 14.6. The highest BCUT2D eigenvalue weighted by molar-refractivity contribution is 6.32.